The number of alkyl carbamates (subject to hydrolysis) is 1. The number of piperidine rings is 1. The van der Waals surface area contributed by atoms with Crippen molar-refractivity contribution in [1.29, 1.82) is 0 Å². The van der Waals surface area contributed by atoms with Crippen LogP contribution in [0.2, 0.25) is 0 Å². The van der Waals surface area contributed by atoms with Gasteiger partial charge < -0.3 is 24.8 Å². The van der Waals surface area contributed by atoms with Crippen LogP contribution in [0.5, 0.6) is 0 Å². The van der Waals surface area contributed by atoms with Crippen LogP contribution in [0, 0.1) is 0 Å². The summed E-state index contributed by atoms with van der Waals surface area (Å²) in [5.41, 5.74) is -0.584. The Kier molecular flexibility index (Phi) is 6.02. The maximum absolute atomic E-state index is 12.0. The van der Waals surface area contributed by atoms with Gasteiger partial charge in [0.05, 0.1) is 12.1 Å². The van der Waals surface area contributed by atoms with E-state index in [1.54, 1.807) is 20.8 Å². The van der Waals surface area contributed by atoms with Gasteiger partial charge in [0.2, 0.25) is 0 Å². The Hall–Kier alpha value is -1.76. The van der Waals surface area contributed by atoms with Crippen molar-refractivity contribution in [1.82, 2.24) is 10.2 Å². The number of likely N-dealkylation sites (tertiary alicyclic amines) is 1. The molecule has 2 N–H and O–H groups in total. The molecule has 1 saturated heterocycles. The van der Waals surface area contributed by atoms with Crippen molar-refractivity contribution < 1.29 is 24.2 Å². The summed E-state index contributed by atoms with van der Waals surface area (Å²) in [5, 5.41) is 12.4. The maximum atomic E-state index is 12.0. The lowest BCUT2D eigenvalue weighted by molar-refractivity contribution is 0.000135. The van der Waals surface area contributed by atoms with E-state index in [4.69, 9.17) is 9.47 Å². The normalized spacial score (nSPS) is 22.4. The average molecular weight is 300 g/mol. The number of carbonyl (C=O) groups excluding carboxylic acids is 2. The van der Waals surface area contributed by atoms with Gasteiger partial charge in [0.1, 0.15) is 12.2 Å². The number of ether oxygens (including phenoxy) is 2. The van der Waals surface area contributed by atoms with Crippen molar-refractivity contribution in [2.75, 3.05) is 19.7 Å². The van der Waals surface area contributed by atoms with E-state index in [-0.39, 0.29) is 13.2 Å². The summed E-state index contributed by atoms with van der Waals surface area (Å²) in [6.45, 7) is 9.44. The van der Waals surface area contributed by atoms with E-state index in [2.05, 4.69) is 11.9 Å². The fraction of sp³-hybridized carbons (Fsp3) is 0.714. The molecule has 0 spiro atoms. The predicted octanol–water partition coefficient (Wildman–Crippen LogP) is 1.27. The minimum atomic E-state index is -0.722. The van der Waals surface area contributed by atoms with E-state index in [0.29, 0.717) is 13.0 Å². The number of amides is 2. The molecule has 7 nitrogen and oxygen atoms in total. The van der Waals surface area contributed by atoms with Gasteiger partial charge >= 0.3 is 12.2 Å². The first kappa shape index (κ1) is 17.3. The van der Waals surface area contributed by atoms with E-state index in [1.807, 2.05) is 0 Å². The number of aliphatic hydroxyl groups excluding tert-OH is 1. The molecule has 2 amide bonds. The summed E-state index contributed by atoms with van der Waals surface area (Å²) in [6.07, 6.45) is -0.0131. The van der Waals surface area contributed by atoms with Crippen LogP contribution < -0.4 is 5.32 Å². The summed E-state index contributed by atoms with van der Waals surface area (Å²) >= 11 is 0. The van der Waals surface area contributed by atoms with Crippen molar-refractivity contribution in [3.05, 3.63) is 12.7 Å². The lowest BCUT2D eigenvalue weighted by Crippen LogP contribution is -2.57. The third kappa shape index (κ3) is 6.03. The summed E-state index contributed by atoms with van der Waals surface area (Å²) in [7, 11) is 0. The highest BCUT2D eigenvalue weighted by Crippen LogP contribution is 2.16. The molecule has 0 radical (unpaired) electrons. The molecule has 0 aliphatic carbocycles. The second-order valence-corrected chi connectivity index (χ2v) is 5.92. The first-order valence-corrected chi connectivity index (χ1v) is 6.93. The molecule has 1 aliphatic rings. The molecule has 0 bridgehead atoms. The van der Waals surface area contributed by atoms with Crippen LogP contribution in [0.1, 0.15) is 27.2 Å². The summed E-state index contributed by atoms with van der Waals surface area (Å²) in [4.78, 5) is 25.0. The highest BCUT2D eigenvalue weighted by Gasteiger charge is 2.33. The van der Waals surface area contributed by atoms with Crippen LogP contribution in [0.15, 0.2) is 12.7 Å². The number of aliphatic hydroxyl groups is 1. The van der Waals surface area contributed by atoms with Crippen molar-refractivity contribution in [2.45, 2.75) is 44.9 Å². The van der Waals surface area contributed by atoms with Crippen LogP contribution in [0.4, 0.5) is 9.59 Å². The molecular weight excluding hydrogens is 276 g/mol. The Morgan fingerprint density at radius 3 is 2.71 bits per heavy atom. The van der Waals surface area contributed by atoms with Crippen molar-refractivity contribution in [2.24, 2.45) is 0 Å². The van der Waals surface area contributed by atoms with E-state index in [9.17, 15) is 14.7 Å². The van der Waals surface area contributed by atoms with E-state index in [1.165, 1.54) is 11.0 Å². The molecule has 0 unspecified atom stereocenters. The molecule has 0 saturated carbocycles. The van der Waals surface area contributed by atoms with Crippen LogP contribution in [-0.4, -0.2) is 59.6 Å². The zero-order chi connectivity index (χ0) is 16.0. The second-order valence-electron chi connectivity index (χ2n) is 5.92. The molecule has 1 heterocycles. The molecule has 120 valence electrons. The highest BCUT2D eigenvalue weighted by molar-refractivity contribution is 5.70. The number of carbonyl (C=O) groups is 2. The molecule has 7 heteroatoms. The standard InChI is InChI=1S/C14H24N2O5/c1-5-8-20-12(18)15-10-9-16(7-6-11(10)17)13(19)21-14(2,3)4/h5,10-11,17H,1,6-9H2,2-4H3,(H,15,18)/t10-,11-/m1/s1. The fourth-order valence-corrected chi connectivity index (χ4v) is 1.90. The largest absolute Gasteiger partial charge is 0.445 e. The van der Waals surface area contributed by atoms with Gasteiger partial charge in [-0.05, 0) is 27.2 Å². The monoisotopic (exact) mass is 300 g/mol. The van der Waals surface area contributed by atoms with E-state index >= 15 is 0 Å². The van der Waals surface area contributed by atoms with Crippen molar-refractivity contribution >= 4 is 12.2 Å². The minimum absolute atomic E-state index is 0.0877. The van der Waals surface area contributed by atoms with Crippen LogP contribution in [-0.2, 0) is 9.47 Å². The molecule has 21 heavy (non-hydrogen) atoms. The van der Waals surface area contributed by atoms with Crippen molar-refractivity contribution in [3.8, 4) is 0 Å². The molecule has 1 rings (SSSR count). The molecule has 2 atom stereocenters. The van der Waals surface area contributed by atoms with Gasteiger partial charge in [-0.15, -0.1) is 0 Å². The second kappa shape index (κ2) is 7.31. The molecule has 0 aromatic heterocycles. The summed E-state index contributed by atoms with van der Waals surface area (Å²) in [6, 6.07) is -0.580. The van der Waals surface area contributed by atoms with Gasteiger partial charge in [-0.25, -0.2) is 9.59 Å². The van der Waals surface area contributed by atoms with Gasteiger partial charge in [0.25, 0.3) is 0 Å². The number of hydrogen-bond donors (Lipinski definition) is 2. The first-order chi connectivity index (χ1) is 9.73. The zero-order valence-corrected chi connectivity index (χ0v) is 12.8. The first-order valence-electron chi connectivity index (χ1n) is 6.93. The minimum Gasteiger partial charge on any atom is -0.445 e. The summed E-state index contributed by atoms with van der Waals surface area (Å²) in [5.74, 6) is 0. The Labute approximate surface area is 124 Å². The van der Waals surface area contributed by atoms with Gasteiger partial charge in [0, 0.05) is 13.1 Å². The van der Waals surface area contributed by atoms with Gasteiger partial charge in [-0.2, -0.15) is 0 Å². The quantitative estimate of drug-likeness (QED) is 0.766. The Bertz CT molecular complexity index is 391. The number of nitrogens with one attached hydrogen (secondary N) is 1. The van der Waals surface area contributed by atoms with Crippen molar-refractivity contribution in [3.63, 3.8) is 0 Å². The predicted molar refractivity (Wildman–Crippen MR) is 76.9 cm³/mol. The highest BCUT2D eigenvalue weighted by atomic mass is 16.6. The number of rotatable bonds is 3. The number of hydrogen-bond acceptors (Lipinski definition) is 5. The Morgan fingerprint density at radius 1 is 1.48 bits per heavy atom. The average Bonchev–Trinajstić information content (AvgIpc) is 2.36. The molecule has 0 aromatic rings. The van der Waals surface area contributed by atoms with E-state index in [0.717, 1.165) is 0 Å². The maximum Gasteiger partial charge on any atom is 0.410 e. The molecule has 1 fully saturated rings. The van der Waals surface area contributed by atoms with Gasteiger partial charge in [0.15, 0.2) is 0 Å². The van der Waals surface area contributed by atoms with Gasteiger partial charge in [-0.1, -0.05) is 12.7 Å². The Balaban J connectivity index is 2.55. The third-order valence-corrected chi connectivity index (χ3v) is 2.86. The number of nitrogens with zero attached hydrogens (tertiary/aromatic N) is 1. The van der Waals surface area contributed by atoms with Crippen LogP contribution in [0.25, 0.3) is 0 Å². The topological polar surface area (TPSA) is 88.1 Å². The fourth-order valence-electron chi connectivity index (χ4n) is 1.90. The third-order valence-electron chi connectivity index (χ3n) is 2.86. The Morgan fingerprint density at radius 2 is 2.14 bits per heavy atom. The zero-order valence-electron chi connectivity index (χ0n) is 12.8. The smallest absolute Gasteiger partial charge is 0.410 e. The summed E-state index contributed by atoms with van der Waals surface area (Å²) < 4.78 is 10.1. The van der Waals surface area contributed by atoms with Gasteiger partial charge in [-0.3, -0.25) is 0 Å². The molecular formula is C14H24N2O5. The van der Waals surface area contributed by atoms with Crippen LogP contribution >= 0.6 is 0 Å². The molecule has 0 aromatic carbocycles. The van der Waals surface area contributed by atoms with Crippen LogP contribution in [0.3, 0.4) is 0 Å². The van der Waals surface area contributed by atoms with E-state index < -0.39 is 29.9 Å². The SMILES string of the molecule is C=CCOC(=O)N[C@@H]1CN(C(=O)OC(C)(C)C)CC[C@H]1O. The lowest BCUT2D eigenvalue weighted by Gasteiger charge is -2.36. The lowest BCUT2D eigenvalue weighted by atomic mass is 10.0. The molecule has 1 aliphatic heterocycles.